The third-order valence-electron chi connectivity index (χ3n) is 5.99. The number of carbonyl (C=O) groups excluding carboxylic acids is 2. The molecule has 0 radical (unpaired) electrons. The molecule has 2 N–H and O–H groups in total. The van der Waals surface area contributed by atoms with E-state index in [4.69, 9.17) is 4.74 Å². The minimum absolute atomic E-state index is 0.130. The van der Waals surface area contributed by atoms with Gasteiger partial charge in [0.15, 0.2) is 0 Å². The molecule has 166 valence electrons. The van der Waals surface area contributed by atoms with E-state index in [1.165, 1.54) is 12.1 Å². The van der Waals surface area contributed by atoms with E-state index in [1.807, 2.05) is 4.90 Å². The number of amides is 3. The lowest BCUT2D eigenvalue weighted by Crippen LogP contribution is -2.55. The molecule has 30 heavy (non-hydrogen) atoms. The first-order valence-electron chi connectivity index (χ1n) is 10.9. The van der Waals surface area contributed by atoms with Gasteiger partial charge in [-0.25, -0.2) is 9.18 Å². The number of ether oxygens (including phenoxy) is 1. The highest BCUT2D eigenvalue weighted by atomic mass is 19.1. The summed E-state index contributed by atoms with van der Waals surface area (Å²) in [5, 5.41) is 5.74. The van der Waals surface area contributed by atoms with Gasteiger partial charge in [0, 0.05) is 64.9 Å². The lowest BCUT2D eigenvalue weighted by Gasteiger charge is -2.44. The molecule has 1 aromatic carbocycles. The Bertz CT molecular complexity index is 694. The zero-order chi connectivity index (χ0) is 21.3. The molecule has 0 saturated carbocycles. The number of rotatable bonds is 7. The molecule has 0 spiro atoms. The van der Waals surface area contributed by atoms with Crippen LogP contribution in [0.25, 0.3) is 0 Å². The van der Waals surface area contributed by atoms with Crippen molar-refractivity contribution in [1.82, 2.24) is 20.4 Å². The van der Waals surface area contributed by atoms with E-state index in [0.29, 0.717) is 25.2 Å². The molecule has 1 atom stereocenters. The Morgan fingerprint density at radius 3 is 2.57 bits per heavy atom. The van der Waals surface area contributed by atoms with E-state index >= 15 is 0 Å². The number of likely N-dealkylation sites (tertiary alicyclic amines) is 1. The maximum atomic E-state index is 13.0. The second-order valence-corrected chi connectivity index (χ2v) is 8.08. The Labute approximate surface area is 177 Å². The largest absolute Gasteiger partial charge is 0.381 e. The van der Waals surface area contributed by atoms with Gasteiger partial charge in [0.25, 0.3) is 0 Å². The maximum Gasteiger partial charge on any atom is 0.315 e. The van der Waals surface area contributed by atoms with Gasteiger partial charge >= 0.3 is 6.03 Å². The molecule has 0 aromatic heterocycles. The smallest absolute Gasteiger partial charge is 0.315 e. The topological polar surface area (TPSA) is 73.9 Å². The molecular weight excluding hydrogens is 387 g/mol. The van der Waals surface area contributed by atoms with E-state index in [-0.39, 0.29) is 17.8 Å². The van der Waals surface area contributed by atoms with Crippen LogP contribution in [-0.2, 0) is 16.1 Å². The summed E-state index contributed by atoms with van der Waals surface area (Å²) in [6.07, 6.45) is 4.04. The summed E-state index contributed by atoms with van der Waals surface area (Å²) in [5.74, 6) is -0.160. The second kappa shape index (κ2) is 11.3. The summed E-state index contributed by atoms with van der Waals surface area (Å²) in [6.45, 7) is 6.36. The molecule has 2 heterocycles. The van der Waals surface area contributed by atoms with Crippen LogP contribution in [0.4, 0.5) is 9.18 Å². The van der Waals surface area contributed by atoms with Crippen molar-refractivity contribution < 1.29 is 18.7 Å². The lowest BCUT2D eigenvalue weighted by atomic mass is 9.98. The normalized spacial score (nSPS) is 20.2. The maximum absolute atomic E-state index is 13.0. The van der Waals surface area contributed by atoms with Crippen molar-refractivity contribution in [3.63, 3.8) is 0 Å². The fourth-order valence-electron chi connectivity index (χ4n) is 4.34. The van der Waals surface area contributed by atoms with E-state index in [2.05, 4.69) is 15.5 Å². The van der Waals surface area contributed by atoms with E-state index in [0.717, 1.165) is 64.1 Å². The van der Waals surface area contributed by atoms with Crippen LogP contribution in [0.2, 0.25) is 0 Å². The lowest BCUT2D eigenvalue weighted by molar-refractivity contribution is -0.131. The van der Waals surface area contributed by atoms with Crippen molar-refractivity contribution in [3.05, 3.63) is 35.6 Å². The van der Waals surface area contributed by atoms with Gasteiger partial charge in [-0.3, -0.25) is 9.69 Å². The third-order valence-corrected chi connectivity index (χ3v) is 5.99. The monoisotopic (exact) mass is 420 g/mol. The van der Waals surface area contributed by atoms with Crippen LogP contribution < -0.4 is 10.6 Å². The zero-order valence-corrected chi connectivity index (χ0v) is 17.7. The Kier molecular flexibility index (Phi) is 8.45. The highest BCUT2D eigenvalue weighted by Gasteiger charge is 2.31. The average Bonchev–Trinajstić information content (AvgIpc) is 2.77. The predicted molar refractivity (Wildman–Crippen MR) is 112 cm³/mol. The molecule has 2 saturated heterocycles. The van der Waals surface area contributed by atoms with Gasteiger partial charge in [0.1, 0.15) is 5.82 Å². The summed E-state index contributed by atoms with van der Waals surface area (Å²) in [4.78, 5) is 28.4. The van der Waals surface area contributed by atoms with Gasteiger partial charge in [-0.2, -0.15) is 0 Å². The number of piperidine rings is 1. The fourth-order valence-corrected chi connectivity index (χ4v) is 4.34. The highest BCUT2D eigenvalue weighted by molar-refractivity contribution is 5.74. The van der Waals surface area contributed by atoms with Gasteiger partial charge in [-0.15, -0.1) is 0 Å². The number of nitrogens with zero attached hydrogens (tertiary/aromatic N) is 2. The molecule has 0 aliphatic carbocycles. The summed E-state index contributed by atoms with van der Waals surface area (Å²) in [5.41, 5.74) is 0.849. The SMILES string of the molecule is CC(=O)N1CCCC(N(CCNC(=O)NCc2ccc(F)cc2)C2CCOCC2)C1. The van der Waals surface area contributed by atoms with Crippen molar-refractivity contribution in [2.45, 2.75) is 51.2 Å². The van der Waals surface area contributed by atoms with Gasteiger partial charge in [0.05, 0.1) is 0 Å². The standard InChI is InChI=1S/C22H33FN4O3/c1-17(28)26-11-2-3-21(16-26)27(20-8-13-30-14-9-20)12-10-24-22(29)25-15-18-4-6-19(23)7-5-18/h4-7,20-21H,2-3,8-16H2,1H3,(H2,24,25,29). The molecule has 8 heteroatoms. The van der Waals surface area contributed by atoms with Gasteiger partial charge in [-0.1, -0.05) is 12.1 Å². The van der Waals surface area contributed by atoms with E-state index in [1.54, 1.807) is 19.1 Å². The minimum atomic E-state index is -0.289. The molecule has 3 amide bonds. The Hall–Kier alpha value is -2.19. The van der Waals surface area contributed by atoms with Crippen LogP contribution in [-0.4, -0.2) is 73.2 Å². The molecule has 2 aliphatic heterocycles. The van der Waals surface area contributed by atoms with E-state index in [9.17, 15) is 14.0 Å². The number of carbonyl (C=O) groups is 2. The van der Waals surface area contributed by atoms with Crippen molar-refractivity contribution in [3.8, 4) is 0 Å². The number of benzene rings is 1. The molecule has 1 unspecified atom stereocenters. The summed E-state index contributed by atoms with van der Waals surface area (Å²) in [6, 6.07) is 6.58. The van der Waals surface area contributed by atoms with Crippen molar-refractivity contribution in [2.24, 2.45) is 0 Å². The first kappa shape index (κ1) is 22.5. The Morgan fingerprint density at radius 2 is 1.87 bits per heavy atom. The Balaban J connectivity index is 1.49. The second-order valence-electron chi connectivity index (χ2n) is 8.08. The van der Waals surface area contributed by atoms with Crippen molar-refractivity contribution in [1.29, 1.82) is 0 Å². The van der Waals surface area contributed by atoms with Crippen LogP contribution >= 0.6 is 0 Å². The van der Waals surface area contributed by atoms with Crippen LogP contribution in [0, 0.1) is 5.82 Å². The first-order valence-corrected chi connectivity index (χ1v) is 10.9. The minimum Gasteiger partial charge on any atom is -0.381 e. The quantitative estimate of drug-likeness (QED) is 0.709. The van der Waals surface area contributed by atoms with Gasteiger partial charge in [-0.05, 0) is 43.4 Å². The fraction of sp³-hybridized carbons (Fsp3) is 0.636. The van der Waals surface area contributed by atoms with Crippen LogP contribution in [0.3, 0.4) is 0 Å². The number of hydrogen-bond donors (Lipinski definition) is 2. The molecule has 7 nitrogen and oxygen atoms in total. The number of urea groups is 1. The van der Waals surface area contributed by atoms with Crippen LogP contribution in [0.5, 0.6) is 0 Å². The van der Waals surface area contributed by atoms with Gasteiger partial charge in [0.2, 0.25) is 5.91 Å². The zero-order valence-electron chi connectivity index (χ0n) is 17.7. The predicted octanol–water partition coefficient (Wildman–Crippen LogP) is 2.12. The van der Waals surface area contributed by atoms with Crippen molar-refractivity contribution in [2.75, 3.05) is 39.4 Å². The van der Waals surface area contributed by atoms with Gasteiger partial charge < -0.3 is 20.3 Å². The highest BCUT2D eigenvalue weighted by Crippen LogP contribution is 2.23. The molecule has 2 fully saturated rings. The Morgan fingerprint density at radius 1 is 1.13 bits per heavy atom. The van der Waals surface area contributed by atoms with Crippen molar-refractivity contribution >= 4 is 11.9 Å². The number of halogens is 1. The third kappa shape index (κ3) is 6.67. The summed E-state index contributed by atoms with van der Waals surface area (Å²) >= 11 is 0. The molecule has 2 aliphatic rings. The average molecular weight is 421 g/mol. The summed E-state index contributed by atoms with van der Waals surface area (Å²) < 4.78 is 18.5. The molecule has 1 aromatic rings. The molecule has 0 bridgehead atoms. The van der Waals surface area contributed by atoms with Crippen LogP contribution in [0.15, 0.2) is 24.3 Å². The molecule has 3 rings (SSSR count). The number of hydrogen-bond acceptors (Lipinski definition) is 4. The first-order chi connectivity index (χ1) is 14.5. The summed E-state index contributed by atoms with van der Waals surface area (Å²) in [7, 11) is 0. The number of nitrogens with one attached hydrogen (secondary N) is 2. The molecular formula is C22H33FN4O3. The van der Waals surface area contributed by atoms with E-state index < -0.39 is 0 Å². The van der Waals surface area contributed by atoms with Crippen LogP contribution in [0.1, 0.15) is 38.2 Å².